The van der Waals surface area contributed by atoms with Crippen LogP contribution in [0.1, 0.15) is 4.88 Å². The molecule has 17 heavy (non-hydrogen) atoms. The standard InChI is InChI=1S/C12H9N3OS/c16-11-8-3-1-2-4-9(8)17-10(11)7-15-12-13-5-6-14-12/h1-7,16H,(H,13,14). The maximum absolute atomic E-state index is 10.0. The van der Waals surface area contributed by atoms with Gasteiger partial charge >= 0.3 is 0 Å². The van der Waals surface area contributed by atoms with Crippen LogP contribution in [-0.4, -0.2) is 21.3 Å². The van der Waals surface area contributed by atoms with Crippen molar-refractivity contribution in [3.05, 3.63) is 41.5 Å². The summed E-state index contributed by atoms with van der Waals surface area (Å²) in [7, 11) is 0. The maximum atomic E-state index is 10.0. The van der Waals surface area contributed by atoms with Gasteiger partial charge in [0.15, 0.2) is 0 Å². The largest absolute Gasteiger partial charge is 0.506 e. The molecule has 2 heterocycles. The molecule has 2 N–H and O–H groups in total. The van der Waals surface area contributed by atoms with E-state index in [0.29, 0.717) is 5.95 Å². The monoisotopic (exact) mass is 243 g/mol. The van der Waals surface area contributed by atoms with Gasteiger partial charge in [0.25, 0.3) is 0 Å². The molecule has 0 bridgehead atoms. The Morgan fingerprint density at radius 3 is 3.00 bits per heavy atom. The van der Waals surface area contributed by atoms with E-state index in [1.165, 1.54) is 11.3 Å². The second-order valence-electron chi connectivity index (χ2n) is 3.48. The Bertz CT molecular complexity index is 670. The highest BCUT2D eigenvalue weighted by Gasteiger charge is 2.08. The number of hydrogen-bond acceptors (Lipinski definition) is 4. The molecule has 0 aliphatic carbocycles. The van der Waals surface area contributed by atoms with Crippen molar-refractivity contribution in [1.82, 2.24) is 9.97 Å². The SMILES string of the molecule is Oc1c(C=Nc2ncc[nH]2)sc2ccccc12. The summed E-state index contributed by atoms with van der Waals surface area (Å²) in [4.78, 5) is 11.7. The van der Waals surface area contributed by atoms with Crippen LogP contribution >= 0.6 is 11.3 Å². The van der Waals surface area contributed by atoms with Crippen molar-refractivity contribution in [2.45, 2.75) is 0 Å². The lowest BCUT2D eigenvalue weighted by atomic mass is 10.2. The van der Waals surface area contributed by atoms with Gasteiger partial charge in [-0.15, -0.1) is 11.3 Å². The van der Waals surface area contributed by atoms with Crippen LogP contribution < -0.4 is 0 Å². The van der Waals surface area contributed by atoms with E-state index >= 15 is 0 Å². The summed E-state index contributed by atoms with van der Waals surface area (Å²) >= 11 is 1.50. The zero-order valence-electron chi connectivity index (χ0n) is 8.79. The molecule has 0 saturated heterocycles. The third kappa shape index (κ3) is 1.81. The summed E-state index contributed by atoms with van der Waals surface area (Å²) in [6, 6.07) is 7.73. The number of aromatic hydroxyl groups is 1. The van der Waals surface area contributed by atoms with Gasteiger partial charge in [0.1, 0.15) is 5.75 Å². The van der Waals surface area contributed by atoms with Crippen molar-refractivity contribution in [2.75, 3.05) is 0 Å². The van der Waals surface area contributed by atoms with Crippen molar-refractivity contribution in [1.29, 1.82) is 0 Å². The van der Waals surface area contributed by atoms with Gasteiger partial charge in [-0.05, 0) is 12.1 Å². The average molecular weight is 243 g/mol. The lowest BCUT2D eigenvalue weighted by molar-refractivity contribution is 0.483. The minimum atomic E-state index is 0.279. The summed E-state index contributed by atoms with van der Waals surface area (Å²) in [5.74, 6) is 0.808. The van der Waals surface area contributed by atoms with E-state index in [1.54, 1.807) is 18.6 Å². The topological polar surface area (TPSA) is 61.3 Å². The number of nitrogens with one attached hydrogen (secondary N) is 1. The number of aromatic amines is 1. The van der Waals surface area contributed by atoms with Gasteiger partial charge in [-0.25, -0.2) is 9.98 Å². The van der Waals surface area contributed by atoms with E-state index in [2.05, 4.69) is 15.0 Å². The summed E-state index contributed by atoms with van der Waals surface area (Å²) in [5, 5.41) is 10.9. The number of aromatic nitrogens is 2. The first-order chi connectivity index (χ1) is 8.34. The molecule has 84 valence electrons. The van der Waals surface area contributed by atoms with Crippen LogP contribution in [0.5, 0.6) is 5.75 Å². The highest BCUT2D eigenvalue weighted by atomic mass is 32.1. The van der Waals surface area contributed by atoms with Crippen LogP contribution in [0.3, 0.4) is 0 Å². The Hall–Kier alpha value is -2.14. The molecular formula is C12H9N3OS. The molecule has 5 heteroatoms. The highest BCUT2D eigenvalue weighted by Crippen LogP contribution is 2.35. The molecule has 0 atom stereocenters. The maximum Gasteiger partial charge on any atom is 0.226 e. The zero-order valence-corrected chi connectivity index (χ0v) is 9.61. The molecule has 0 radical (unpaired) electrons. The summed E-state index contributed by atoms with van der Waals surface area (Å²) in [6.07, 6.45) is 4.97. The van der Waals surface area contributed by atoms with Gasteiger partial charge < -0.3 is 10.1 Å². The molecule has 1 aromatic carbocycles. The third-order valence-electron chi connectivity index (χ3n) is 2.38. The number of imidazole rings is 1. The van der Waals surface area contributed by atoms with E-state index in [0.717, 1.165) is 15.0 Å². The van der Waals surface area contributed by atoms with Crippen LogP contribution in [-0.2, 0) is 0 Å². The molecule has 3 aromatic rings. The first-order valence-electron chi connectivity index (χ1n) is 5.08. The number of H-pyrrole nitrogens is 1. The summed E-state index contributed by atoms with van der Waals surface area (Å²) < 4.78 is 1.05. The van der Waals surface area contributed by atoms with E-state index in [-0.39, 0.29) is 5.75 Å². The zero-order chi connectivity index (χ0) is 11.7. The minimum Gasteiger partial charge on any atom is -0.506 e. The van der Waals surface area contributed by atoms with Crippen LogP contribution in [0.2, 0.25) is 0 Å². The van der Waals surface area contributed by atoms with Crippen molar-refractivity contribution < 1.29 is 5.11 Å². The van der Waals surface area contributed by atoms with Gasteiger partial charge in [0, 0.05) is 22.5 Å². The Morgan fingerprint density at radius 2 is 2.24 bits per heavy atom. The van der Waals surface area contributed by atoms with Crippen LogP contribution in [0, 0.1) is 0 Å². The number of hydrogen-bond donors (Lipinski definition) is 2. The van der Waals surface area contributed by atoms with Crippen LogP contribution in [0.25, 0.3) is 10.1 Å². The lowest BCUT2D eigenvalue weighted by Crippen LogP contribution is -1.74. The number of thiophene rings is 1. The van der Waals surface area contributed by atoms with Gasteiger partial charge in [0.05, 0.1) is 11.1 Å². The summed E-state index contributed by atoms with van der Waals surface area (Å²) in [5.41, 5.74) is 0. The predicted molar refractivity (Wildman–Crippen MR) is 69.3 cm³/mol. The van der Waals surface area contributed by atoms with Gasteiger partial charge in [0.2, 0.25) is 5.95 Å². The number of aliphatic imine (C=N–C) groups is 1. The number of nitrogens with zero attached hydrogens (tertiary/aromatic N) is 2. The number of fused-ring (bicyclic) bond motifs is 1. The Morgan fingerprint density at radius 1 is 1.35 bits per heavy atom. The van der Waals surface area contributed by atoms with E-state index < -0.39 is 0 Å². The van der Waals surface area contributed by atoms with Crippen molar-refractivity contribution in [2.24, 2.45) is 4.99 Å². The summed E-state index contributed by atoms with van der Waals surface area (Å²) in [6.45, 7) is 0. The van der Waals surface area contributed by atoms with Gasteiger partial charge in [-0.3, -0.25) is 0 Å². The molecule has 0 amide bonds. The van der Waals surface area contributed by atoms with Crippen LogP contribution in [0.15, 0.2) is 41.7 Å². The van der Waals surface area contributed by atoms with E-state index in [9.17, 15) is 5.11 Å². The fourth-order valence-corrected chi connectivity index (χ4v) is 2.56. The van der Waals surface area contributed by atoms with Crippen molar-refractivity contribution >= 4 is 33.6 Å². The molecule has 0 aliphatic heterocycles. The molecule has 0 aliphatic rings. The highest BCUT2D eigenvalue weighted by molar-refractivity contribution is 7.21. The first-order valence-corrected chi connectivity index (χ1v) is 5.90. The smallest absolute Gasteiger partial charge is 0.226 e. The minimum absolute atomic E-state index is 0.279. The molecule has 0 spiro atoms. The molecule has 2 aromatic heterocycles. The Labute approximate surface area is 101 Å². The van der Waals surface area contributed by atoms with E-state index in [4.69, 9.17) is 0 Å². The molecule has 0 unspecified atom stereocenters. The quantitative estimate of drug-likeness (QED) is 0.679. The fourth-order valence-electron chi connectivity index (χ4n) is 1.59. The number of rotatable bonds is 2. The Balaban J connectivity index is 2.03. The fraction of sp³-hybridized carbons (Fsp3) is 0. The molecule has 0 fully saturated rings. The van der Waals surface area contributed by atoms with Crippen molar-refractivity contribution in [3.8, 4) is 5.75 Å². The molecule has 0 saturated carbocycles. The van der Waals surface area contributed by atoms with Gasteiger partial charge in [-0.1, -0.05) is 12.1 Å². The molecule has 3 rings (SSSR count). The third-order valence-corrected chi connectivity index (χ3v) is 3.48. The number of benzene rings is 1. The van der Waals surface area contributed by atoms with Crippen LogP contribution in [0.4, 0.5) is 5.95 Å². The molecule has 4 nitrogen and oxygen atoms in total. The lowest BCUT2D eigenvalue weighted by Gasteiger charge is -1.89. The Kier molecular flexibility index (Phi) is 2.38. The van der Waals surface area contributed by atoms with Gasteiger partial charge in [-0.2, -0.15) is 0 Å². The average Bonchev–Trinajstić information content (AvgIpc) is 2.96. The normalized spacial score (nSPS) is 11.5. The van der Waals surface area contributed by atoms with E-state index in [1.807, 2.05) is 24.3 Å². The predicted octanol–water partition coefficient (Wildman–Crippen LogP) is 3.08. The second kappa shape index (κ2) is 4.03. The van der Waals surface area contributed by atoms with Crippen molar-refractivity contribution in [3.63, 3.8) is 0 Å². The first kappa shape index (κ1) is 10.0. The second-order valence-corrected chi connectivity index (χ2v) is 4.57. The molecular weight excluding hydrogens is 234 g/mol.